The van der Waals surface area contributed by atoms with E-state index in [1.807, 2.05) is 22.7 Å². The highest BCUT2D eigenvalue weighted by atomic mass is 32.1. The summed E-state index contributed by atoms with van der Waals surface area (Å²) < 4.78 is 5.28. The molecular weight excluding hydrogens is 703 g/mol. The van der Waals surface area contributed by atoms with Crippen molar-refractivity contribution in [3.05, 3.63) is 200 Å². The minimum absolute atomic E-state index is 1.11. The van der Waals surface area contributed by atoms with E-state index < -0.39 is 0 Å². The summed E-state index contributed by atoms with van der Waals surface area (Å²) in [4.78, 5) is 2.44. The number of benzene rings is 9. The Labute approximate surface area is 327 Å². The van der Waals surface area contributed by atoms with Crippen LogP contribution in [0.4, 0.5) is 17.1 Å². The summed E-state index contributed by atoms with van der Waals surface area (Å²) in [5, 5.41) is 7.75. The zero-order valence-corrected chi connectivity index (χ0v) is 31.4. The Bertz CT molecular complexity index is 3240. The molecule has 0 saturated heterocycles. The normalized spacial score (nSPS) is 11.6. The Morgan fingerprint density at radius 3 is 1.62 bits per heavy atom. The second-order valence-electron chi connectivity index (χ2n) is 14.1. The van der Waals surface area contributed by atoms with Gasteiger partial charge in [-0.3, -0.25) is 0 Å². The van der Waals surface area contributed by atoms with Crippen LogP contribution in [0.5, 0.6) is 0 Å². The number of nitrogens with zero attached hydrogens (tertiary/aromatic N) is 1. The Kier molecular flexibility index (Phi) is 7.61. The van der Waals surface area contributed by atoms with Crippen LogP contribution < -0.4 is 4.90 Å². The molecule has 55 heavy (non-hydrogen) atoms. The third-order valence-corrected chi connectivity index (χ3v) is 13.1. The molecule has 0 spiro atoms. The first-order valence-corrected chi connectivity index (χ1v) is 20.3. The van der Waals surface area contributed by atoms with Gasteiger partial charge in [-0.1, -0.05) is 133 Å². The second kappa shape index (κ2) is 13.1. The van der Waals surface area contributed by atoms with Gasteiger partial charge in [-0.05, 0) is 105 Å². The number of hydrogen-bond acceptors (Lipinski definition) is 3. The molecule has 0 atom stereocenters. The number of thiophene rings is 2. The van der Waals surface area contributed by atoms with E-state index in [4.69, 9.17) is 0 Å². The van der Waals surface area contributed by atoms with E-state index in [0.29, 0.717) is 0 Å². The van der Waals surface area contributed by atoms with Crippen molar-refractivity contribution in [1.29, 1.82) is 0 Å². The van der Waals surface area contributed by atoms with Crippen molar-refractivity contribution in [3.63, 3.8) is 0 Å². The first-order valence-electron chi connectivity index (χ1n) is 18.7. The molecule has 2 aromatic heterocycles. The quantitative estimate of drug-likeness (QED) is 0.164. The third kappa shape index (κ3) is 5.60. The zero-order valence-electron chi connectivity index (χ0n) is 29.8. The third-order valence-electron chi connectivity index (χ3n) is 10.8. The number of fused-ring (bicyclic) bond motifs is 7. The van der Waals surface area contributed by atoms with Gasteiger partial charge in [0.05, 0.1) is 5.69 Å². The summed E-state index contributed by atoms with van der Waals surface area (Å²) in [5.41, 5.74) is 10.5. The van der Waals surface area contributed by atoms with Crippen LogP contribution in [-0.4, -0.2) is 0 Å². The maximum atomic E-state index is 2.44. The lowest BCUT2D eigenvalue weighted by molar-refractivity contribution is 1.28. The topological polar surface area (TPSA) is 3.24 Å². The molecule has 0 unspecified atom stereocenters. The van der Waals surface area contributed by atoms with Gasteiger partial charge in [0.2, 0.25) is 0 Å². The lowest BCUT2D eigenvalue weighted by Gasteiger charge is -2.29. The molecule has 0 aliphatic rings. The highest BCUT2D eigenvalue weighted by Gasteiger charge is 2.19. The fourth-order valence-corrected chi connectivity index (χ4v) is 10.4. The molecule has 11 rings (SSSR count). The smallest absolute Gasteiger partial charge is 0.0540 e. The van der Waals surface area contributed by atoms with E-state index in [9.17, 15) is 0 Å². The van der Waals surface area contributed by atoms with Crippen LogP contribution in [0.3, 0.4) is 0 Å². The molecule has 0 N–H and O–H groups in total. The maximum absolute atomic E-state index is 2.44. The molecule has 258 valence electrons. The van der Waals surface area contributed by atoms with Gasteiger partial charge >= 0.3 is 0 Å². The lowest BCUT2D eigenvalue weighted by Crippen LogP contribution is -2.11. The van der Waals surface area contributed by atoms with Crippen molar-refractivity contribution in [2.75, 3.05) is 4.90 Å². The van der Waals surface area contributed by atoms with Crippen molar-refractivity contribution in [2.45, 2.75) is 0 Å². The average molecular weight is 736 g/mol. The largest absolute Gasteiger partial charge is 0.310 e. The van der Waals surface area contributed by atoms with Crippen LogP contribution in [0.1, 0.15) is 0 Å². The Hall–Kier alpha value is -6.52. The molecule has 11 aromatic rings. The van der Waals surface area contributed by atoms with Crippen molar-refractivity contribution in [2.24, 2.45) is 0 Å². The minimum Gasteiger partial charge on any atom is -0.310 e. The van der Waals surface area contributed by atoms with E-state index in [1.165, 1.54) is 84.5 Å². The SMILES string of the molecule is c1cc(-c2ccc3c(c2)sc2ccccc23)cc(N(c2cccc(-c3ccc4sc5ccccc5c4c3)c2)c2ccccc2-c2ccc3ccccc3c2)c1. The Morgan fingerprint density at radius 2 is 0.836 bits per heavy atom. The number of rotatable bonds is 6. The molecule has 2 heterocycles. The molecule has 9 aromatic carbocycles. The highest BCUT2D eigenvalue weighted by Crippen LogP contribution is 2.44. The van der Waals surface area contributed by atoms with Gasteiger partial charge in [0.15, 0.2) is 0 Å². The van der Waals surface area contributed by atoms with Crippen molar-refractivity contribution < 1.29 is 0 Å². The summed E-state index contributed by atoms with van der Waals surface area (Å²) in [6.07, 6.45) is 0. The monoisotopic (exact) mass is 735 g/mol. The summed E-state index contributed by atoms with van der Waals surface area (Å²) in [5.74, 6) is 0. The van der Waals surface area contributed by atoms with E-state index in [2.05, 4.69) is 205 Å². The molecule has 0 radical (unpaired) electrons. The fourth-order valence-electron chi connectivity index (χ4n) is 8.16. The predicted octanol–water partition coefficient (Wildman–Crippen LogP) is 16.0. The van der Waals surface area contributed by atoms with Crippen LogP contribution >= 0.6 is 22.7 Å². The molecule has 0 bridgehead atoms. The van der Waals surface area contributed by atoms with Gasteiger partial charge < -0.3 is 4.90 Å². The molecule has 0 amide bonds. The van der Waals surface area contributed by atoms with Gasteiger partial charge in [-0.25, -0.2) is 0 Å². The van der Waals surface area contributed by atoms with Crippen LogP contribution in [0.2, 0.25) is 0 Å². The van der Waals surface area contributed by atoms with Crippen LogP contribution in [0.25, 0.3) is 84.5 Å². The second-order valence-corrected chi connectivity index (χ2v) is 16.3. The Morgan fingerprint density at radius 1 is 0.291 bits per heavy atom. The summed E-state index contributed by atoms with van der Waals surface area (Å²) >= 11 is 3.73. The molecule has 0 aliphatic carbocycles. The number of hydrogen-bond donors (Lipinski definition) is 0. The summed E-state index contributed by atoms with van der Waals surface area (Å²) in [7, 11) is 0. The summed E-state index contributed by atoms with van der Waals surface area (Å²) in [6.45, 7) is 0. The maximum Gasteiger partial charge on any atom is 0.0540 e. The van der Waals surface area contributed by atoms with E-state index >= 15 is 0 Å². The van der Waals surface area contributed by atoms with Crippen LogP contribution in [-0.2, 0) is 0 Å². The first kappa shape index (κ1) is 32.0. The molecule has 3 heteroatoms. The van der Waals surface area contributed by atoms with Crippen molar-refractivity contribution in [3.8, 4) is 33.4 Å². The Balaban J connectivity index is 1.08. The van der Waals surface area contributed by atoms with E-state index in [-0.39, 0.29) is 0 Å². The number of para-hydroxylation sites is 1. The first-order chi connectivity index (χ1) is 27.2. The fraction of sp³-hybridized carbons (Fsp3) is 0. The molecular formula is C52H33NS2. The van der Waals surface area contributed by atoms with Gasteiger partial charge in [0, 0.05) is 57.3 Å². The van der Waals surface area contributed by atoms with Crippen molar-refractivity contribution in [1.82, 2.24) is 0 Å². The predicted molar refractivity (Wildman–Crippen MR) is 241 cm³/mol. The van der Waals surface area contributed by atoms with E-state index in [0.717, 1.165) is 17.1 Å². The molecule has 0 fully saturated rings. The van der Waals surface area contributed by atoms with Gasteiger partial charge in [0.1, 0.15) is 0 Å². The molecule has 1 nitrogen and oxygen atoms in total. The van der Waals surface area contributed by atoms with Gasteiger partial charge in [-0.2, -0.15) is 0 Å². The van der Waals surface area contributed by atoms with Crippen LogP contribution in [0, 0.1) is 0 Å². The average Bonchev–Trinajstić information content (AvgIpc) is 3.82. The number of anilines is 3. The minimum atomic E-state index is 1.11. The van der Waals surface area contributed by atoms with Gasteiger partial charge in [-0.15, -0.1) is 22.7 Å². The van der Waals surface area contributed by atoms with E-state index in [1.54, 1.807) is 0 Å². The summed E-state index contributed by atoms with van der Waals surface area (Å²) in [6, 6.07) is 73.6. The molecule has 0 saturated carbocycles. The molecule has 0 aliphatic heterocycles. The van der Waals surface area contributed by atoms with Crippen LogP contribution in [0.15, 0.2) is 200 Å². The van der Waals surface area contributed by atoms with Crippen molar-refractivity contribution >= 4 is 90.9 Å². The zero-order chi connectivity index (χ0) is 36.3. The lowest BCUT2D eigenvalue weighted by atomic mass is 9.97. The van der Waals surface area contributed by atoms with Gasteiger partial charge in [0.25, 0.3) is 0 Å². The highest BCUT2D eigenvalue weighted by molar-refractivity contribution is 7.26. The standard InChI is InChI=1S/C52H33NS2/c1-2-12-35-29-40(24-23-34(35)11-1)43-17-3-6-20-48(43)53(41-15-9-13-36(30-41)38-26-28-51-47(32-38)45-19-5-8-22-50(45)54-51)42-16-10-14-37(31-42)39-25-27-46-44-18-4-7-21-49(44)55-52(46)33-39/h1-33H.